The van der Waals surface area contributed by atoms with E-state index in [1.54, 1.807) is 24.3 Å². The largest absolute Gasteiger partial charge is 0.369 e. The van der Waals surface area contributed by atoms with E-state index in [1.165, 1.54) is 4.31 Å². The van der Waals surface area contributed by atoms with Gasteiger partial charge in [0.25, 0.3) is 0 Å². The van der Waals surface area contributed by atoms with E-state index in [-0.39, 0.29) is 10.8 Å². The first kappa shape index (κ1) is 21.4. The van der Waals surface area contributed by atoms with E-state index in [9.17, 15) is 13.2 Å². The van der Waals surface area contributed by atoms with Gasteiger partial charge in [0.15, 0.2) is 0 Å². The number of sulfonamides is 1. The number of halogens is 2. The Hall–Kier alpha value is -1.80. The molecule has 0 bridgehead atoms. The van der Waals surface area contributed by atoms with Crippen LogP contribution in [-0.4, -0.2) is 44.8 Å². The molecule has 0 spiro atoms. The summed E-state index contributed by atoms with van der Waals surface area (Å²) in [7, 11) is -3.64. The van der Waals surface area contributed by atoms with Gasteiger partial charge < -0.3 is 10.2 Å². The van der Waals surface area contributed by atoms with Crippen molar-refractivity contribution < 1.29 is 13.2 Å². The molecule has 30 heavy (non-hydrogen) atoms. The molecule has 0 radical (unpaired) electrons. The van der Waals surface area contributed by atoms with E-state index >= 15 is 0 Å². The molecule has 160 valence electrons. The zero-order valence-corrected chi connectivity index (χ0v) is 19.1. The predicted octanol–water partition coefficient (Wildman–Crippen LogP) is 4.12. The Labute approximate surface area is 186 Å². The first-order valence-electron chi connectivity index (χ1n) is 9.72. The van der Waals surface area contributed by atoms with E-state index in [0.29, 0.717) is 48.3 Å². The Balaban J connectivity index is 1.55. The van der Waals surface area contributed by atoms with Crippen LogP contribution < -0.4 is 10.2 Å². The standard InChI is InChI=1S/C21H23Cl2N3O3S/c1-21(2)13-20(27)24-19-4-3-17(12-18(19)21)30(28,29)26-7-5-25(6-8-26)16-10-14(22)9-15(23)11-16/h3-4,9-12H,5-8,13H2,1-2H3,(H,24,27). The monoisotopic (exact) mass is 467 g/mol. The Morgan fingerprint density at radius 2 is 1.60 bits per heavy atom. The van der Waals surface area contributed by atoms with Crippen molar-refractivity contribution in [2.75, 3.05) is 36.4 Å². The fourth-order valence-electron chi connectivity index (χ4n) is 4.10. The lowest BCUT2D eigenvalue weighted by atomic mass is 9.78. The van der Waals surface area contributed by atoms with Crippen LogP contribution in [0.4, 0.5) is 11.4 Å². The molecular formula is C21H23Cl2N3O3S. The zero-order valence-electron chi connectivity index (χ0n) is 16.8. The summed E-state index contributed by atoms with van der Waals surface area (Å²) in [6, 6.07) is 10.3. The van der Waals surface area contributed by atoms with Gasteiger partial charge in [-0.2, -0.15) is 4.31 Å². The third-order valence-electron chi connectivity index (χ3n) is 5.69. The summed E-state index contributed by atoms with van der Waals surface area (Å²) in [5.74, 6) is -0.0552. The lowest BCUT2D eigenvalue weighted by Crippen LogP contribution is -2.48. The van der Waals surface area contributed by atoms with Crippen LogP contribution >= 0.6 is 23.2 Å². The van der Waals surface area contributed by atoms with Gasteiger partial charge >= 0.3 is 0 Å². The van der Waals surface area contributed by atoms with E-state index in [0.717, 1.165) is 11.3 Å². The molecule has 0 aromatic heterocycles. The van der Waals surface area contributed by atoms with Crippen LogP contribution in [0.3, 0.4) is 0 Å². The van der Waals surface area contributed by atoms with Gasteiger partial charge in [-0.15, -0.1) is 0 Å². The highest BCUT2D eigenvalue weighted by molar-refractivity contribution is 7.89. The molecule has 1 amide bonds. The van der Waals surface area contributed by atoms with Crippen molar-refractivity contribution in [1.29, 1.82) is 0 Å². The minimum atomic E-state index is -3.64. The van der Waals surface area contributed by atoms with Crippen LogP contribution in [0.5, 0.6) is 0 Å². The number of benzene rings is 2. The molecule has 0 aliphatic carbocycles. The van der Waals surface area contributed by atoms with Crippen LogP contribution in [0.2, 0.25) is 10.0 Å². The molecule has 1 saturated heterocycles. The molecule has 2 heterocycles. The summed E-state index contributed by atoms with van der Waals surface area (Å²) in [6.07, 6.45) is 0.324. The summed E-state index contributed by atoms with van der Waals surface area (Å²) in [6.45, 7) is 5.73. The highest BCUT2D eigenvalue weighted by atomic mass is 35.5. The maximum absolute atomic E-state index is 13.3. The molecule has 1 N–H and O–H groups in total. The first-order valence-corrected chi connectivity index (χ1v) is 11.9. The lowest BCUT2D eigenvalue weighted by molar-refractivity contribution is -0.117. The minimum Gasteiger partial charge on any atom is -0.369 e. The van der Waals surface area contributed by atoms with Crippen molar-refractivity contribution in [3.05, 3.63) is 52.0 Å². The van der Waals surface area contributed by atoms with Crippen molar-refractivity contribution in [3.8, 4) is 0 Å². The molecule has 2 aromatic rings. The molecule has 0 saturated carbocycles. The van der Waals surface area contributed by atoms with E-state index in [1.807, 2.05) is 26.0 Å². The molecule has 2 aliphatic heterocycles. The SMILES string of the molecule is CC1(C)CC(=O)Nc2ccc(S(=O)(=O)N3CCN(c4cc(Cl)cc(Cl)c4)CC3)cc21. The zero-order chi connectivity index (χ0) is 21.7. The Kier molecular flexibility index (Phi) is 5.51. The molecule has 4 rings (SSSR count). The normalized spacial score (nSPS) is 19.3. The van der Waals surface area contributed by atoms with Crippen molar-refractivity contribution in [3.63, 3.8) is 0 Å². The summed E-state index contributed by atoms with van der Waals surface area (Å²) in [4.78, 5) is 14.2. The van der Waals surface area contributed by atoms with E-state index < -0.39 is 15.4 Å². The number of nitrogens with one attached hydrogen (secondary N) is 1. The summed E-state index contributed by atoms with van der Waals surface area (Å²) in [5.41, 5.74) is 1.98. The Morgan fingerprint density at radius 1 is 0.967 bits per heavy atom. The molecule has 0 unspecified atom stereocenters. The Bertz CT molecular complexity index is 1090. The summed E-state index contributed by atoms with van der Waals surface area (Å²) >= 11 is 12.2. The van der Waals surface area contributed by atoms with Gasteiger partial charge in [0.1, 0.15) is 0 Å². The quantitative estimate of drug-likeness (QED) is 0.736. The van der Waals surface area contributed by atoms with Gasteiger partial charge in [-0.25, -0.2) is 8.42 Å². The van der Waals surface area contributed by atoms with Crippen molar-refractivity contribution in [1.82, 2.24) is 4.31 Å². The number of anilines is 2. The topological polar surface area (TPSA) is 69.7 Å². The van der Waals surface area contributed by atoms with Gasteiger partial charge in [0.05, 0.1) is 4.90 Å². The fourth-order valence-corrected chi connectivity index (χ4v) is 6.06. The van der Waals surface area contributed by atoms with Crippen molar-refractivity contribution in [2.24, 2.45) is 0 Å². The number of fused-ring (bicyclic) bond motifs is 1. The molecule has 1 fully saturated rings. The molecule has 9 heteroatoms. The summed E-state index contributed by atoms with van der Waals surface area (Å²) in [5, 5.41) is 3.94. The minimum absolute atomic E-state index is 0.0552. The van der Waals surface area contributed by atoms with Gasteiger partial charge in [-0.05, 0) is 42.0 Å². The number of hydrogen-bond donors (Lipinski definition) is 1. The van der Waals surface area contributed by atoms with Crippen LogP contribution in [0.1, 0.15) is 25.8 Å². The van der Waals surface area contributed by atoms with Crippen molar-refractivity contribution >= 4 is 50.5 Å². The van der Waals surface area contributed by atoms with Crippen molar-refractivity contribution in [2.45, 2.75) is 30.6 Å². The average Bonchev–Trinajstić information content (AvgIpc) is 2.66. The molecular weight excluding hydrogens is 445 g/mol. The van der Waals surface area contributed by atoms with E-state index in [4.69, 9.17) is 23.2 Å². The highest BCUT2D eigenvalue weighted by Gasteiger charge is 2.35. The van der Waals surface area contributed by atoms with Gasteiger partial charge in [0, 0.05) is 59.4 Å². The first-order chi connectivity index (χ1) is 14.1. The average molecular weight is 468 g/mol. The van der Waals surface area contributed by atoms with Gasteiger partial charge in [-0.3, -0.25) is 4.79 Å². The predicted molar refractivity (Wildman–Crippen MR) is 120 cm³/mol. The second kappa shape index (κ2) is 7.71. The second-order valence-corrected chi connectivity index (χ2v) is 11.1. The number of hydrogen-bond acceptors (Lipinski definition) is 4. The van der Waals surface area contributed by atoms with Gasteiger partial charge in [0.2, 0.25) is 15.9 Å². The number of carbonyl (C=O) groups is 1. The molecule has 6 nitrogen and oxygen atoms in total. The van der Waals surface area contributed by atoms with E-state index in [2.05, 4.69) is 10.2 Å². The number of rotatable bonds is 3. The summed E-state index contributed by atoms with van der Waals surface area (Å²) < 4.78 is 28.1. The maximum Gasteiger partial charge on any atom is 0.243 e. The third kappa shape index (κ3) is 4.04. The lowest BCUT2D eigenvalue weighted by Gasteiger charge is -2.36. The maximum atomic E-state index is 13.3. The molecule has 2 aromatic carbocycles. The third-order valence-corrected chi connectivity index (χ3v) is 8.02. The van der Waals surface area contributed by atoms with Gasteiger partial charge in [-0.1, -0.05) is 37.0 Å². The fraction of sp³-hybridized carbons (Fsp3) is 0.381. The van der Waals surface area contributed by atoms with Crippen LogP contribution in [0.25, 0.3) is 0 Å². The smallest absolute Gasteiger partial charge is 0.243 e. The number of nitrogens with zero attached hydrogens (tertiary/aromatic N) is 2. The highest BCUT2D eigenvalue weighted by Crippen LogP contribution is 2.38. The Morgan fingerprint density at radius 3 is 2.23 bits per heavy atom. The number of amides is 1. The van der Waals surface area contributed by atoms with Crippen LogP contribution in [0, 0.1) is 0 Å². The number of carbonyl (C=O) groups excluding carboxylic acids is 1. The van der Waals surface area contributed by atoms with Crippen LogP contribution in [-0.2, 0) is 20.2 Å². The van der Waals surface area contributed by atoms with Crippen LogP contribution in [0.15, 0.2) is 41.3 Å². The molecule has 2 aliphatic rings. The molecule has 0 atom stereocenters. The second-order valence-electron chi connectivity index (χ2n) is 8.34. The number of piperazine rings is 1.